The van der Waals surface area contributed by atoms with Gasteiger partial charge in [0, 0.05) is 30.7 Å². The zero-order valence-electron chi connectivity index (χ0n) is 19.0. The molecule has 0 unspecified atom stereocenters. The van der Waals surface area contributed by atoms with Crippen molar-refractivity contribution in [2.24, 2.45) is 0 Å². The second-order valence-electron chi connectivity index (χ2n) is 7.98. The molecule has 1 amide bonds. The quantitative estimate of drug-likeness (QED) is 0.510. The number of benzene rings is 1. The Morgan fingerprint density at radius 3 is 2.59 bits per heavy atom. The molecule has 1 aliphatic heterocycles. The number of pyridine rings is 1. The van der Waals surface area contributed by atoms with Crippen molar-refractivity contribution < 1.29 is 27.5 Å². The van der Waals surface area contributed by atoms with Gasteiger partial charge in [-0.3, -0.25) is 4.79 Å². The third kappa shape index (κ3) is 4.90. The van der Waals surface area contributed by atoms with Gasteiger partial charge in [-0.05, 0) is 50.1 Å². The maximum absolute atomic E-state index is 13.1. The summed E-state index contributed by atoms with van der Waals surface area (Å²) in [5.74, 6) is -1.15. The molecule has 0 bridgehead atoms. The molecule has 0 atom stereocenters. The number of imidazole rings is 1. The number of nitrogens with zero attached hydrogens (tertiary/aromatic N) is 3. The number of ether oxygens (including phenoxy) is 2. The third-order valence-electron chi connectivity index (χ3n) is 5.62. The molecule has 4 rings (SSSR count). The van der Waals surface area contributed by atoms with Crippen molar-refractivity contribution in [3.05, 3.63) is 54.0 Å². The summed E-state index contributed by atoms with van der Waals surface area (Å²) in [5.41, 5.74) is 1.83. The summed E-state index contributed by atoms with van der Waals surface area (Å²) in [7, 11) is -2.39. The number of sulfonamides is 1. The number of carbonyl (C=O) groups excluding carboxylic acids is 2. The van der Waals surface area contributed by atoms with Crippen LogP contribution in [0.5, 0.6) is 5.75 Å². The predicted molar refractivity (Wildman–Crippen MR) is 124 cm³/mol. The fraction of sp³-hybridized carbons (Fsp3) is 0.348. The van der Waals surface area contributed by atoms with Gasteiger partial charge in [-0.25, -0.2) is 18.2 Å². The van der Waals surface area contributed by atoms with Crippen LogP contribution >= 0.6 is 0 Å². The predicted octanol–water partition coefficient (Wildman–Crippen LogP) is 2.62. The number of anilines is 1. The highest BCUT2D eigenvalue weighted by atomic mass is 32.2. The van der Waals surface area contributed by atoms with E-state index in [9.17, 15) is 18.0 Å². The number of nitrogens with one attached hydrogen (secondary N) is 1. The molecule has 1 aliphatic rings. The van der Waals surface area contributed by atoms with Gasteiger partial charge in [0.05, 0.1) is 7.11 Å². The number of hydrogen-bond acceptors (Lipinski definition) is 7. The van der Waals surface area contributed by atoms with Crippen LogP contribution in [-0.4, -0.2) is 60.8 Å². The highest BCUT2D eigenvalue weighted by Gasteiger charge is 2.29. The number of methoxy groups -OCH3 is 1. The van der Waals surface area contributed by atoms with Crippen LogP contribution in [0.2, 0.25) is 0 Å². The molecule has 3 aromatic rings. The number of aryl methyl sites for hydroxylation is 1. The van der Waals surface area contributed by atoms with E-state index in [-0.39, 0.29) is 22.0 Å². The van der Waals surface area contributed by atoms with Crippen LogP contribution in [0.3, 0.4) is 0 Å². The lowest BCUT2D eigenvalue weighted by atomic mass is 10.2. The van der Waals surface area contributed by atoms with E-state index in [1.807, 2.05) is 19.1 Å². The molecule has 180 valence electrons. The number of piperidine rings is 1. The summed E-state index contributed by atoms with van der Waals surface area (Å²) < 4.78 is 39.8. The molecule has 0 spiro atoms. The molecular formula is C23H26N4O6S. The molecule has 10 nitrogen and oxygen atoms in total. The Bertz CT molecular complexity index is 1330. The first-order valence-electron chi connectivity index (χ1n) is 10.9. The molecule has 0 radical (unpaired) electrons. The SMILES string of the molecule is COc1ccc(NC(=O)COC(=O)c2cn3c(C)cccc3n2)cc1S(=O)(=O)N1CCCCC1. The smallest absolute Gasteiger partial charge is 0.359 e. The molecular weight excluding hydrogens is 460 g/mol. The van der Waals surface area contributed by atoms with E-state index in [0.29, 0.717) is 18.7 Å². The average Bonchev–Trinajstić information content (AvgIpc) is 3.29. The second-order valence-corrected chi connectivity index (χ2v) is 9.88. The summed E-state index contributed by atoms with van der Waals surface area (Å²) >= 11 is 0. The molecule has 11 heteroatoms. The molecule has 0 aliphatic carbocycles. The van der Waals surface area contributed by atoms with E-state index in [0.717, 1.165) is 25.0 Å². The summed E-state index contributed by atoms with van der Waals surface area (Å²) in [6.07, 6.45) is 4.14. The molecule has 1 aromatic carbocycles. The molecule has 1 saturated heterocycles. The van der Waals surface area contributed by atoms with Gasteiger partial charge < -0.3 is 19.2 Å². The Labute approximate surface area is 197 Å². The standard InChI is InChI=1S/C23H26N4O6S/c1-16-7-6-8-21-25-18(14-27(16)21)23(29)33-15-22(28)24-17-9-10-19(32-2)20(13-17)34(30,31)26-11-4-3-5-12-26/h6-10,13-14H,3-5,11-12,15H2,1-2H3,(H,24,28). The van der Waals surface area contributed by atoms with Gasteiger partial charge in [0.25, 0.3) is 5.91 Å². The van der Waals surface area contributed by atoms with Gasteiger partial charge in [-0.15, -0.1) is 0 Å². The normalized spacial score (nSPS) is 14.6. The van der Waals surface area contributed by atoms with Gasteiger partial charge >= 0.3 is 5.97 Å². The van der Waals surface area contributed by atoms with Crippen molar-refractivity contribution in [2.75, 3.05) is 32.1 Å². The van der Waals surface area contributed by atoms with Crippen molar-refractivity contribution in [3.63, 3.8) is 0 Å². The van der Waals surface area contributed by atoms with Crippen LogP contribution in [0.15, 0.2) is 47.5 Å². The number of aromatic nitrogens is 2. The number of amides is 1. The van der Waals surface area contributed by atoms with E-state index in [2.05, 4.69) is 10.3 Å². The lowest BCUT2D eigenvalue weighted by Crippen LogP contribution is -2.35. The number of carbonyl (C=O) groups is 2. The molecule has 0 saturated carbocycles. The van der Waals surface area contributed by atoms with Crippen molar-refractivity contribution >= 4 is 33.2 Å². The fourth-order valence-electron chi connectivity index (χ4n) is 3.85. The number of rotatable bonds is 7. The number of hydrogen-bond donors (Lipinski definition) is 1. The zero-order chi connectivity index (χ0) is 24.3. The molecule has 2 aromatic heterocycles. The molecule has 1 N–H and O–H groups in total. The lowest BCUT2D eigenvalue weighted by molar-refractivity contribution is -0.119. The van der Waals surface area contributed by atoms with Crippen molar-refractivity contribution in [1.29, 1.82) is 0 Å². The van der Waals surface area contributed by atoms with Crippen LogP contribution in [0.4, 0.5) is 5.69 Å². The van der Waals surface area contributed by atoms with Gasteiger partial charge in [-0.2, -0.15) is 4.31 Å². The topological polar surface area (TPSA) is 119 Å². The number of fused-ring (bicyclic) bond motifs is 1. The maximum Gasteiger partial charge on any atom is 0.359 e. The second kappa shape index (κ2) is 9.82. The molecule has 1 fully saturated rings. The van der Waals surface area contributed by atoms with Gasteiger partial charge in [0.2, 0.25) is 10.0 Å². The van der Waals surface area contributed by atoms with E-state index >= 15 is 0 Å². The van der Waals surface area contributed by atoms with Gasteiger partial charge in [0.1, 0.15) is 16.3 Å². The van der Waals surface area contributed by atoms with E-state index < -0.39 is 28.5 Å². The lowest BCUT2D eigenvalue weighted by Gasteiger charge is -2.26. The van der Waals surface area contributed by atoms with Crippen LogP contribution in [0.25, 0.3) is 5.65 Å². The van der Waals surface area contributed by atoms with E-state index in [1.165, 1.54) is 29.6 Å². The largest absolute Gasteiger partial charge is 0.495 e. The highest BCUT2D eigenvalue weighted by Crippen LogP contribution is 2.31. The van der Waals surface area contributed by atoms with Crippen molar-refractivity contribution in [2.45, 2.75) is 31.1 Å². The van der Waals surface area contributed by atoms with Gasteiger partial charge in [-0.1, -0.05) is 12.5 Å². The Hall–Kier alpha value is -3.44. The van der Waals surface area contributed by atoms with E-state index in [1.54, 1.807) is 16.7 Å². The van der Waals surface area contributed by atoms with Crippen molar-refractivity contribution in [1.82, 2.24) is 13.7 Å². The summed E-state index contributed by atoms with van der Waals surface area (Å²) in [4.78, 5) is 28.9. The fourth-order valence-corrected chi connectivity index (χ4v) is 5.55. The minimum atomic E-state index is -3.78. The zero-order valence-corrected chi connectivity index (χ0v) is 19.8. The third-order valence-corrected chi connectivity index (χ3v) is 7.54. The molecule has 3 heterocycles. The Morgan fingerprint density at radius 2 is 1.88 bits per heavy atom. The Balaban J connectivity index is 1.43. The van der Waals surface area contributed by atoms with Crippen LogP contribution in [0, 0.1) is 6.92 Å². The number of esters is 1. The average molecular weight is 487 g/mol. The first-order chi connectivity index (χ1) is 16.3. The highest BCUT2D eigenvalue weighted by molar-refractivity contribution is 7.89. The maximum atomic E-state index is 13.1. The van der Waals surface area contributed by atoms with Crippen molar-refractivity contribution in [3.8, 4) is 5.75 Å². The summed E-state index contributed by atoms with van der Waals surface area (Å²) in [6, 6.07) is 9.83. The van der Waals surface area contributed by atoms with Gasteiger partial charge in [0.15, 0.2) is 12.3 Å². The molecule has 34 heavy (non-hydrogen) atoms. The monoisotopic (exact) mass is 486 g/mol. The Morgan fingerprint density at radius 1 is 1.12 bits per heavy atom. The summed E-state index contributed by atoms with van der Waals surface area (Å²) in [5, 5.41) is 2.57. The first kappa shape index (κ1) is 23.7. The Kier molecular flexibility index (Phi) is 6.85. The van der Waals surface area contributed by atoms with Crippen LogP contribution in [0.1, 0.15) is 35.4 Å². The minimum absolute atomic E-state index is 0.0215. The van der Waals surface area contributed by atoms with E-state index in [4.69, 9.17) is 9.47 Å². The van der Waals surface area contributed by atoms with Crippen LogP contribution in [-0.2, 0) is 19.6 Å². The van der Waals surface area contributed by atoms with Crippen LogP contribution < -0.4 is 10.1 Å². The minimum Gasteiger partial charge on any atom is -0.495 e. The summed E-state index contributed by atoms with van der Waals surface area (Å²) in [6.45, 7) is 2.22. The first-order valence-corrected chi connectivity index (χ1v) is 12.3.